The Morgan fingerprint density at radius 3 is 2.35 bits per heavy atom. The standard InChI is InChI=1S/C15H17F3N4O/c1-9(2)13(19)14(23)21-10-3-5-11(6-4-10)22-12(7-8-20-22)15(16,17)18/h3-9,13H,19H2,1-2H3,(H,21,23)/t13-/m0/s1. The highest BCUT2D eigenvalue weighted by Gasteiger charge is 2.35. The minimum atomic E-state index is -4.49. The van der Waals surface area contributed by atoms with Crippen molar-refractivity contribution in [1.82, 2.24) is 9.78 Å². The summed E-state index contributed by atoms with van der Waals surface area (Å²) in [6, 6.07) is 6.14. The normalized spacial score (nSPS) is 13.2. The number of alkyl halides is 3. The van der Waals surface area contributed by atoms with Gasteiger partial charge in [-0.2, -0.15) is 18.3 Å². The molecule has 8 heteroatoms. The Kier molecular flexibility index (Phi) is 4.74. The second-order valence-corrected chi connectivity index (χ2v) is 5.43. The van der Waals surface area contributed by atoms with Gasteiger partial charge >= 0.3 is 6.18 Å². The number of carbonyl (C=O) groups is 1. The quantitative estimate of drug-likeness (QED) is 0.907. The highest BCUT2D eigenvalue weighted by Crippen LogP contribution is 2.30. The van der Waals surface area contributed by atoms with Crippen LogP contribution in [0.5, 0.6) is 0 Å². The van der Waals surface area contributed by atoms with Gasteiger partial charge in [-0.3, -0.25) is 4.79 Å². The van der Waals surface area contributed by atoms with Crippen molar-refractivity contribution in [3.8, 4) is 5.69 Å². The molecule has 0 radical (unpaired) electrons. The third kappa shape index (κ3) is 3.89. The molecule has 0 spiro atoms. The summed E-state index contributed by atoms with van der Waals surface area (Å²) in [5, 5.41) is 6.31. The van der Waals surface area contributed by atoms with Crippen molar-refractivity contribution < 1.29 is 18.0 Å². The number of nitrogens with zero attached hydrogens (tertiary/aromatic N) is 2. The predicted octanol–water partition coefficient (Wildman–Crippen LogP) is 2.81. The third-order valence-electron chi connectivity index (χ3n) is 3.33. The minimum Gasteiger partial charge on any atom is -0.325 e. The molecule has 0 bridgehead atoms. The van der Waals surface area contributed by atoms with Crippen LogP contribution in [0.4, 0.5) is 18.9 Å². The SMILES string of the molecule is CC(C)[C@H](N)C(=O)Nc1ccc(-n2nccc2C(F)(F)F)cc1. The topological polar surface area (TPSA) is 72.9 Å². The van der Waals surface area contributed by atoms with E-state index in [9.17, 15) is 18.0 Å². The molecule has 0 fully saturated rings. The number of nitrogens with two attached hydrogens (primary N) is 1. The van der Waals surface area contributed by atoms with Gasteiger partial charge in [0.2, 0.25) is 5.91 Å². The average Bonchev–Trinajstić information content (AvgIpc) is 2.96. The number of carbonyl (C=O) groups excluding carboxylic acids is 1. The molecule has 1 aromatic heterocycles. The van der Waals surface area contributed by atoms with Gasteiger partial charge in [-0.05, 0) is 36.2 Å². The van der Waals surface area contributed by atoms with Crippen LogP contribution in [-0.4, -0.2) is 21.7 Å². The van der Waals surface area contributed by atoms with Crippen LogP contribution in [-0.2, 0) is 11.0 Å². The molecule has 0 saturated heterocycles. The molecule has 0 aliphatic rings. The maximum atomic E-state index is 12.9. The lowest BCUT2D eigenvalue weighted by Gasteiger charge is -2.15. The van der Waals surface area contributed by atoms with Crippen LogP contribution in [0.15, 0.2) is 36.5 Å². The van der Waals surface area contributed by atoms with E-state index in [4.69, 9.17) is 5.73 Å². The van der Waals surface area contributed by atoms with Gasteiger partial charge in [0, 0.05) is 5.69 Å². The largest absolute Gasteiger partial charge is 0.433 e. The Balaban J connectivity index is 2.18. The number of nitrogens with one attached hydrogen (secondary N) is 1. The Morgan fingerprint density at radius 1 is 1.22 bits per heavy atom. The lowest BCUT2D eigenvalue weighted by atomic mass is 10.0. The molecule has 0 aliphatic carbocycles. The highest BCUT2D eigenvalue weighted by atomic mass is 19.4. The average molecular weight is 326 g/mol. The molecule has 0 aliphatic heterocycles. The second-order valence-electron chi connectivity index (χ2n) is 5.43. The Morgan fingerprint density at radius 2 is 1.83 bits per heavy atom. The van der Waals surface area contributed by atoms with Gasteiger partial charge in [-0.1, -0.05) is 13.8 Å². The first-order valence-electron chi connectivity index (χ1n) is 6.98. The second kappa shape index (κ2) is 6.41. The van der Waals surface area contributed by atoms with E-state index in [1.807, 2.05) is 13.8 Å². The molecular formula is C15H17F3N4O. The zero-order valence-electron chi connectivity index (χ0n) is 12.6. The van der Waals surface area contributed by atoms with Crippen molar-refractivity contribution in [2.24, 2.45) is 11.7 Å². The molecule has 3 N–H and O–H groups in total. The van der Waals surface area contributed by atoms with Crippen molar-refractivity contribution in [2.45, 2.75) is 26.1 Å². The van der Waals surface area contributed by atoms with Crippen LogP contribution in [0.25, 0.3) is 5.69 Å². The van der Waals surface area contributed by atoms with Crippen molar-refractivity contribution in [3.63, 3.8) is 0 Å². The predicted molar refractivity (Wildman–Crippen MR) is 80.0 cm³/mol. The van der Waals surface area contributed by atoms with E-state index in [0.29, 0.717) is 5.69 Å². The molecule has 124 valence electrons. The summed E-state index contributed by atoms with van der Waals surface area (Å²) in [6.07, 6.45) is -3.41. The van der Waals surface area contributed by atoms with Gasteiger partial charge in [-0.15, -0.1) is 0 Å². The van der Waals surface area contributed by atoms with Crippen LogP contribution in [0, 0.1) is 5.92 Å². The van der Waals surface area contributed by atoms with E-state index in [-0.39, 0.29) is 17.5 Å². The third-order valence-corrected chi connectivity index (χ3v) is 3.33. The van der Waals surface area contributed by atoms with Gasteiger partial charge in [0.15, 0.2) is 0 Å². The van der Waals surface area contributed by atoms with Gasteiger partial charge < -0.3 is 11.1 Å². The Bertz CT molecular complexity index is 677. The number of hydrogen-bond acceptors (Lipinski definition) is 3. The molecule has 1 aromatic carbocycles. The summed E-state index contributed by atoms with van der Waals surface area (Å²) in [6.45, 7) is 3.65. The van der Waals surface area contributed by atoms with Crippen LogP contribution in [0.3, 0.4) is 0 Å². The van der Waals surface area contributed by atoms with Gasteiger partial charge in [0.25, 0.3) is 0 Å². The maximum Gasteiger partial charge on any atom is 0.433 e. The Hall–Kier alpha value is -2.35. The number of amides is 1. The van der Waals surface area contributed by atoms with Gasteiger partial charge in [0.1, 0.15) is 5.69 Å². The van der Waals surface area contributed by atoms with Crippen molar-refractivity contribution in [3.05, 3.63) is 42.2 Å². The number of anilines is 1. The van der Waals surface area contributed by atoms with E-state index in [0.717, 1.165) is 16.9 Å². The summed E-state index contributed by atoms with van der Waals surface area (Å²) in [4.78, 5) is 11.9. The Labute approximate surface area is 131 Å². The molecule has 1 atom stereocenters. The maximum absolute atomic E-state index is 12.9. The van der Waals surface area contributed by atoms with Crippen molar-refractivity contribution >= 4 is 11.6 Å². The van der Waals surface area contributed by atoms with Gasteiger partial charge in [0.05, 0.1) is 17.9 Å². The first kappa shape index (κ1) is 17.0. The van der Waals surface area contributed by atoms with Crippen LogP contribution < -0.4 is 11.1 Å². The first-order valence-corrected chi connectivity index (χ1v) is 6.98. The monoisotopic (exact) mass is 326 g/mol. The number of benzene rings is 1. The fraction of sp³-hybridized carbons (Fsp3) is 0.333. The van der Waals surface area contributed by atoms with E-state index < -0.39 is 17.9 Å². The number of rotatable bonds is 4. The zero-order chi connectivity index (χ0) is 17.2. The molecule has 1 heterocycles. The molecule has 5 nitrogen and oxygen atoms in total. The summed E-state index contributed by atoms with van der Waals surface area (Å²) >= 11 is 0. The first-order chi connectivity index (χ1) is 10.7. The number of hydrogen-bond donors (Lipinski definition) is 2. The number of aromatic nitrogens is 2. The summed E-state index contributed by atoms with van der Waals surface area (Å²) < 4.78 is 39.4. The van der Waals surface area contributed by atoms with E-state index in [2.05, 4.69) is 10.4 Å². The lowest BCUT2D eigenvalue weighted by molar-refractivity contribution is -0.142. The highest BCUT2D eigenvalue weighted by molar-refractivity contribution is 5.94. The molecule has 2 rings (SSSR count). The minimum absolute atomic E-state index is 0.0207. The summed E-state index contributed by atoms with van der Waals surface area (Å²) in [5.41, 5.74) is 5.56. The van der Waals surface area contributed by atoms with Crippen LogP contribution in [0.2, 0.25) is 0 Å². The number of halogens is 3. The zero-order valence-corrected chi connectivity index (χ0v) is 12.6. The van der Waals surface area contributed by atoms with Crippen LogP contribution in [0.1, 0.15) is 19.5 Å². The summed E-state index contributed by atoms with van der Waals surface area (Å²) in [7, 11) is 0. The van der Waals surface area contributed by atoms with Crippen molar-refractivity contribution in [1.29, 1.82) is 0 Å². The van der Waals surface area contributed by atoms with E-state index in [1.165, 1.54) is 24.3 Å². The molecule has 2 aromatic rings. The molecule has 23 heavy (non-hydrogen) atoms. The lowest BCUT2D eigenvalue weighted by Crippen LogP contribution is -2.39. The smallest absolute Gasteiger partial charge is 0.325 e. The fourth-order valence-corrected chi connectivity index (χ4v) is 1.94. The summed E-state index contributed by atoms with van der Waals surface area (Å²) in [5.74, 6) is -0.365. The van der Waals surface area contributed by atoms with E-state index in [1.54, 1.807) is 0 Å². The molecular weight excluding hydrogens is 309 g/mol. The molecule has 0 unspecified atom stereocenters. The van der Waals surface area contributed by atoms with E-state index >= 15 is 0 Å². The van der Waals surface area contributed by atoms with Crippen molar-refractivity contribution in [2.75, 3.05) is 5.32 Å². The van der Waals surface area contributed by atoms with Crippen LogP contribution >= 0.6 is 0 Å². The fourth-order valence-electron chi connectivity index (χ4n) is 1.94. The molecule has 0 saturated carbocycles. The molecule has 1 amide bonds. The van der Waals surface area contributed by atoms with Gasteiger partial charge in [-0.25, -0.2) is 4.68 Å².